The number of rotatable bonds is 5. The SMILES string of the molecule is CC(C)(C)[P+](CCCC[P+](C(C)(C)C)(C(C)(C)C)C(C)(C)C)(C(C)(C)C)C(C)(C)C. The second-order valence-corrected chi connectivity index (χ2v) is 28.0. The monoisotopic (exact) mass is 460 g/mol. The van der Waals surface area contributed by atoms with Crippen LogP contribution in [-0.2, 0) is 0 Å². The molecule has 0 aromatic rings. The van der Waals surface area contributed by atoms with Crippen LogP contribution in [-0.4, -0.2) is 43.3 Å². The van der Waals surface area contributed by atoms with Gasteiger partial charge < -0.3 is 0 Å². The lowest BCUT2D eigenvalue weighted by molar-refractivity contribution is 0.599. The molecule has 182 valence electrons. The maximum atomic E-state index is 2.54. The average molecular weight is 461 g/mol. The predicted molar refractivity (Wildman–Crippen MR) is 151 cm³/mol. The Hall–Kier alpha value is 0.860. The van der Waals surface area contributed by atoms with Crippen molar-refractivity contribution in [2.24, 2.45) is 0 Å². The topological polar surface area (TPSA) is 0 Å². The lowest BCUT2D eigenvalue weighted by Gasteiger charge is -2.55. The highest BCUT2D eigenvalue weighted by molar-refractivity contribution is 7.80. The van der Waals surface area contributed by atoms with Gasteiger partial charge in [0.1, 0.15) is 0 Å². The van der Waals surface area contributed by atoms with E-state index >= 15 is 0 Å². The summed E-state index contributed by atoms with van der Waals surface area (Å²) in [5, 5.41) is 2.30. The van der Waals surface area contributed by atoms with E-state index in [2.05, 4.69) is 125 Å². The zero-order valence-corrected chi connectivity index (χ0v) is 26.5. The summed E-state index contributed by atoms with van der Waals surface area (Å²) >= 11 is 0. The van der Waals surface area contributed by atoms with Crippen LogP contribution in [0.2, 0.25) is 0 Å². The van der Waals surface area contributed by atoms with Gasteiger partial charge in [0.25, 0.3) is 0 Å². The minimum absolute atomic E-state index is 0.383. The van der Waals surface area contributed by atoms with Gasteiger partial charge in [-0.3, -0.25) is 0 Å². The first-order valence-corrected chi connectivity index (χ1v) is 16.4. The Kier molecular flexibility index (Phi) is 9.16. The second-order valence-electron chi connectivity index (χ2n) is 15.8. The fourth-order valence-electron chi connectivity index (χ4n) is 8.75. The molecule has 0 aliphatic carbocycles. The average Bonchev–Trinajstić information content (AvgIpc) is 2.32. The molecular formula is C28H62P2+2. The van der Waals surface area contributed by atoms with Crippen LogP contribution in [0.1, 0.15) is 137 Å². The van der Waals surface area contributed by atoms with Gasteiger partial charge in [-0.05, 0) is 137 Å². The predicted octanol–water partition coefficient (Wildman–Crippen LogP) is 10.6. The van der Waals surface area contributed by atoms with E-state index in [4.69, 9.17) is 0 Å². The lowest BCUT2D eigenvalue weighted by Crippen LogP contribution is -2.46. The normalized spacial score (nSPS) is 16.2. The van der Waals surface area contributed by atoms with Crippen molar-refractivity contribution in [3.63, 3.8) is 0 Å². The molecule has 0 heterocycles. The van der Waals surface area contributed by atoms with E-state index in [0.717, 1.165) is 0 Å². The molecule has 0 amide bonds. The molecule has 2 heteroatoms. The summed E-state index contributed by atoms with van der Waals surface area (Å²) in [6, 6.07) is 0. The Morgan fingerprint density at radius 1 is 0.300 bits per heavy atom. The van der Waals surface area contributed by atoms with E-state index in [9.17, 15) is 0 Å². The fourth-order valence-corrected chi connectivity index (χ4v) is 26.2. The summed E-state index contributed by atoms with van der Waals surface area (Å²) in [5.41, 5.74) is 0. The molecule has 0 unspecified atom stereocenters. The Morgan fingerprint density at radius 3 is 0.533 bits per heavy atom. The number of unbranched alkanes of at least 4 members (excludes halogenated alkanes) is 1. The lowest BCUT2D eigenvalue weighted by atomic mass is 10.2. The third kappa shape index (κ3) is 5.49. The first-order chi connectivity index (χ1) is 12.7. The highest BCUT2D eigenvalue weighted by atomic mass is 31.2. The van der Waals surface area contributed by atoms with Crippen molar-refractivity contribution in [2.75, 3.05) is 12.3 Å². The minimum atomic E-state index is -1.24. The summed E-state index contributed by atoms with van der Waals surface area (Å²) in [4.78, 5) is 0. The van der Waals surface area contributed by atoms with Crippen molar-refractivity contribution in [3.8, 4) is 0 Å². The van der Waals surface area contributed by atoms with Gasteiger partial charge in [-0.2, -0.15) is 0 Å². The van der Waals surface area contributed by atoms with Gasteiger partial charge in [0.2, 0.25) is 0 Å². The molecule has 0 bridgehead atoms. The largest absolute Gasteiger partial charge is 0.0725 e. The first kappa shape index (κ1) is 30.9. The van der Waals surface area contributed by atoms with Crippen LogP contribution >= 0.6 is 14.5 Å². The van der Waals surface area contributed by atoms with Crippen LogP contribution < -0.4 is 0 Å². The van der Waals surface area contributed by atoms with Crippen molar-refractivity contribution in [1.82, 2.24) is 0 Å². The van der Waals surface area contributed by atoms with Gasteiger partial charge in [-0.1, -0.05) is 0 Å². The molecular weight excluding hydrogens is 398 g/mol. The smallest absolute Gasteiger partial charge is 0.0259 e. The molecule has 0 aromatic carbocycles. The molecule has 0 saturated carbocycles. The molecule has 0 saturated heterocycles. The van der Waals surface area contributed by atoms with Crippen molar-refractivity contribution in [1.29, 1.82) is 0 Å². The summed E-state index contributed by atoms with van der Waals surface area (Å²) in [6.45, 7) is 45.6. The standard InChI is InChI=1S/C28H62P2/c1-23(2,3)29(24(4,5)6,25(7,8)9)21-19-20-22-30(26(10,11)12,27(13,14)15)28(16,17)18/h19-22H2,1-18H3/q+2. The first-order valence-electron chi connectivity index (χ1n) is 12.5. The Bertz CT molecular complexity index is 418. The molecule has 0 spiro atoms. The third-order valence-corrected chi connectivity index (χ3v) is 23.8. The molecule has 0 radical (unpaired) electrons. The Labute approximate surface area is 195 Å². The molecule has 0 aliphatic rings. The van der Waals surface area contributed by atoms with Crippen LogP contribution in [0.5, 0.6) is 0 Å². The quantitative estimate of drug-likeness (QED) is 0.283. The van der Waals surface area contributed by atoms with Crippen LogP contribution in [0.25, 0.3) is 0 Å². The molecule has 0 atom stereocenters. The Balaban J connectivity index is 6.07. The van der Waals surface area contributed by atoms with Crippen LogP contribution in [0, 0.1) is 0 Å². The highest BCUT2D eigenvalue weighted by Crippen LogP contribution is 2.85. The molecule has 0 rings (SSSR count). The Morgan fingerprint density at radius 2 is 0.433 bits per heavy atom. The highest BCUT2D eigenvalue weighted by Gasteiger charge is 2.65. The van der Waals surface area contributed by atoms with Gasteiger partial charge >= 0.3 is 0 Å². The maximum absolute atomic E-state index is 2.54. The van der Waals surface area contributed by atoms with Gasteiger partial charge in [-0.25, -0.2) is 0 Å². The van der Waals surface area contributed by atoms with Gasteiger partial charge in [-0.15, -0.1) is 0 Å². The molecule has 30 heavy (non-hydrogen) atoms. The summed E-state index contributed by atoms with van der Waals surface area (Å²) in [7, 11) is -2.48. The van der Waals surface area contributed by atoms with Crippen molar-refractivity contribution in [3.05, 3.63) is 0 Å². The van der Waals surface area contributed by atoms with E-state index in [1.54, 1.807) is 0 Å². The van der Waals surface area contributed by atoms with Gasteiger partial charge in [0.05, 0.1) is 43.3 Å². The third-order valence-electron chi connectivity index (χ3n) is 8.11. The van der Waals surface area contributed by atoms with Crippen LogP contribution in [0.15, 0.2) is 0 Å². The van der Waals surface area contributed by atoms with E-state index in [-0.39, 0.29) is 0 Å². The zero-order chi connectivity index (χ0) is 24.8. The van der Waals surface area contributed by atoms with Crippen LogP contribution in [0.3, 0.4) is 0 Å². The summed E-state index contributed by atoms with van der Waals surface area (Å²) < 4.78 is 0. The van der Waals surface area contributed by atoms with E-state index in [1.807, 2.05) is 0 Å². The minimum Gasteiger partial charge on any atom is -0.0259 e. The van der Waals surface area contributed by atoms with Crippen molar-refractivity contribution >= 4 is 14.5 Å². The zero-order valence-electron chi connectivity index (χ0n) is 24.7. The van der Waals surface area contributed by atoms with E-state index in [0.29, 0.717) is 30.9 Å². The second kappa shape index (κ2) is 8.90. The molecule has 0 N–H and O–H groups in total. The molecule has 0 fully saturated rings. The van der Waals surface area contributed by atoms with E-state index in [1.165, 1.54) is 25.2 Å². The molecule has 0 aromatic heterocycles. The van der Waals surface area contributed by atoms with Gasteiger partial charge in [0, 0.05) is 14.5 Å². The summed E-state index contributed by atoms with van der Waals surface area (Å²) in [6.07, 6.45) is 5.65. The van der Waals surface area contributed by atoms with Gasteiger partial charge in [0.15, 0.2) is 0 Å². The van der Waals surface area contributed by atoms with E-state index < -0.39 is 14.5 Å². The fraction of sp³-hybridized carbons (Fsp3) is 1.00. The van der Waals surface area contributed by atoms with Crippen LogP contribution in [0.4, 0.5) is 0 Å². The maximum Gasteiger partial charge on any atom is 0.0725 e. The number of hydrogen-bond acceptors (Lipinski definition) is 0. The molecule has 0 nitrogen and oxygen atoms in total. The van der Waals surface area contributed by atoms with Crippen molar-refractivity contribution in [2.45, 2.75) is 168 Å². The summed E-state index contributed by atoms with van der Waals surface area (Å²) in [5.74, 6) is 0. The van der Waals surface area contributed by atoms with Crippen molar-refractivity contribution < 1.29 is 0 Å². The number of hydrogen-bond donors (Lipinski definition) is 0. The molecule has 0 aliphatic heterocycles.